The summed E-state index contributed by atoms with van der Waals surface area (Å²) in [6.07, 6.45) is 0. The van der Waals surface area contributed by atoms with E-state index in [4.69, 9.17) is 14.2 Å². The molecule has 0 radical (unpaired) electrons. The van der Waals surface area contributed by atoms with Gasteiger partial charge in [-0.05, 0) is 43.7 Å². The first-order valence-corrected chi connectivity index (χ1v) is 9.96. The molecule has 0 aliphatic carbocycles. The quantitative estimate of drug-likeness (QED) is 0.631. The van der Waals surface area contributed by atoms with Crippen LogP contribution in [-0.4, -0.2) is 37.8 Å². The Morgan fingerprint density at radius 3 is 2.26 bits per heavy atom. The summed E-state index contributed by atoms with van der Waals surface area (Å²) in [5.41, 5.74) is 1.39. The highest BCUT2D eigenvalue weighted by Crippen LogP contribution is 2.28. The second kappa shape index (κ2) is 10.3. The van der Waals surface area contributed by atoms with Crippen molar-refractivity contribution in [2.24, 2.45) is 0 Å². The molecule has 0 bridgehead atoms. The van der Waals surface area contributed by atoms with E-state index in [9.17, 15) is 14.4 Å². The third kappa shape index (κ3) is 5.42. The highest BCUT2D eigenvalue weighted by atomic mass is 16.5. The van der Waals surface area contributed by atoms with Gasteiger partial charge < -0.3 is 24.8 Å². The molecule has 8 nitrogen and oxygen atoms in total. The first-order valence-electron chi connectivity index (χ1n) is 9.96. The molecule has 31 heavy (non-hydrogen) atoms. The summed E-state index contributed by atoms with van der Waals surface area (Å²) in [7, 11) is 0. The minimum Gasteiger partial charge on any atom is -0.494 e. The number of amides is 2. The fraction of sp³-hybridized carbons (Fsp3) is 0.261. The lowest BCUT2D eigenvalue weighted by atomic mass is 9.95. The molecule has 0 saturated heterocycles. The Labute approximate surface area is 180 Å². The highest BCUT2D eigenvalue weighted by Gasteiger charge is 2.34. The zero-order valence-corrected chi connectivity index (χ0v) is 17.3. The number of benzene rings is 2. The minimum absolute atomic E-state index is 0.164. The first-order chi connectivity index (χ1) is 15.0. The van der Waals surface area contributed by atoms with E-state index in [1.165, 1.54) is 0 Å². The van der Waals surface area contributed by atoms with Crippen molar-refractivity contribution in [3.05, 3.63) is 77.0 Å². The monoisotopic (exact) mass is 424 g/mol. The molecular formula is C23H24N2O6. The molecule has 1 aliphatic rings. The fourth-order valence-electron chi connectivity index (χ4n) is 3.15. The predicted molar refractivity (Wildman–Crippen MR) is 112 cm³/mol. The lowest BCUT2D eigenvalue weighted by Gasteiger charge is -2.29. The molecule has 0 spiro atoms. The lowest BCUT2D eigenvalue weighted by Crippen LogP contribution is -2.47. The van der Waals surface area contributed by atoms with Gasteiger partial charge in [-0.15, -0.1) is 0 Å². The van der Waals surface area contributed by atoms with Gasteiger partial charge in [0.2, 0.25) is 0 Å². The number of carbonyl (C=O) groups excluding carboxylic acids is 3. The summed E-state index contributed by atoms with van der Waals surface area (Å²) >= 11 is 0. The zero-order chi connectivity index (χ0) is 22.2. The fourth-order valence-corrected chi connectivity index (χ4v) is 3.15. The van der Waals surface area contributed by atoms with Crippen LogP contribution in [0.5, 0.6) is 5.75 Å². The molecule has 1 atom stereocenters. The van der Waals surface area contributed by atoms with Crippen molar-refractivity contribution in [2.45, 2.75) is 19.9 Å². The first kappa shape index (κ1) is 21.9. The Morgan fingerprint density at radius 1 is 0.903 bits per heavy atom. The Kier molecular flexibility index (Phi) is 7.26. The maximum absolute atomic E-state index is 12.7. The van der Waals surface area contributed by atoms with Gasteiger partial charge in [0.05, 0.1) is 36.1 Å². The van der Waals surface area contributed by atoms with Gasteiger partial charge >= 0.3 is 18.0 Å². The van der Waals surface area contributed by atoms with Crippen LogP contribution in [0.4, 0.5) is 4.79 Å². The normalized spacial score (nSPS) is 15.5. The van der Waals surface area contributed by atoms with Crippen LogP contribution in [0.15, 0.2) is 65.9 Å². The van der Waals surface area contributed by atoms with Crippen molar-refractivity contribution in [1.29, 1.82) is 0 Å². The molecule has 8 heteroatoms. The zero-order valence-electron chi connectivity index (χ0n) is 17.3. The number of hydrogen-bond acceptors (Lipinski definition) is 6. The molecule has 2 N–H and O–H groups in total. The van der Waals surface area contributed by atoms with E-state index in [2.05, 4.69) is 10.6 Å². The van der Waals surface area contributed by atoms with Gasteiger partial charge in [-0.25, -0.2) is 14.4 Å². The van der Waals surface area contributed by atoms with E-state index in [1.54, 1.807) is 55.5 Å². The summed E-state index contributed by atoms with van der Waals surface area (Å²) in [4.78, 5) is 37.4. The molecule has 2 aromatic rings. The Balaban J connectivity index is 1.84. The molecule has 1 aliphatic heterocycles. The van der Waals surface area contributed by atoms with Gasteiger partial charge in [0, 0.05) is 0 Å². The van der Waals surface area contributed by atoms with Crippen LogP contribution in [0.25, 0.3) is 0 Å². The number of ether oxygens (including phenoxy) is 3. The summed E-state index contributed by atoms with van der Waals surface area (Å²) < 4.78 is 15.9. The van der Waals surface area contributed by atoms with Crippen LogP contribution in [0.2, 0.25) is 0 Å². The molecule has 1 heterocycles. The van der Waals surface area contributed by atoms with Crippen molar-refractivity contribution in [3.8, 4) is 5.75 Å². The van der Waals surface area contributed by atoms with Crippen LogP contribution < -0.4 is 15.4 Å². The molecule has 0 aromatic heterocycles. The minimum atomic E-state index is -0.729. The molecule has 3 rings (SSSR count). The number of hydrogen-bond donors (Lipinski definition) is 2. The van der Waals surface area contributed by atoms with Crippen LogP contribution in [0.3, 0.4) is 0 Å². The molecule has 2 aromatic carbocycles. The lowest BCUT2D eigenvalue weighted by molar-refractivity contribution is -0.139. The van der Waals surface area contributed by atoms with Crippen LogP contribution >= 0.6 is 0 Å². The number of urea groups is 1. The molecule has 2 amide bonds. The van der Waals surface area contributed by atoms with Crippen molar-refractivity contribution in [2.75, 3.05) is 19.8 Å². The Hall–Kier alpha value is -3.81. The Morgan fingerprint density at radius 2 is 1.61 bits per heavy atom. The van der Waals surface area contributed by atoms with Crippen LogP contribution in [-0.2, 0) is 14.3 Å². The third-order valence-electron chi connectivity index (χ3n) is 4.53. The standard InChI is InChI=1S/C23H24N2O6/c1-3-29-17-12-10-16(11-13-17)21(26)31-14-18-19(22(27)30-4-2)20(25-23(28)24-18)15-8-6-5-7-9-15/h5-13,20H,3-4,14H2,1-2H3,(H2,24,25,28). The summed E-state index contributed by atoms with van der Waals surface area (Å²) in [6.45, 7) is 3.95. The molecule has 0 saturated carbocycles. The maximum Gasteiger partial charge on any atom is 0.338 e. The van der Waals surface area contributed by atoms with Gasteiger partial charge in [-0.2, -0.15) is 0 Å². The van der Waals surface area contributed by atoms with Crippen molar-refractivity contribution < 1.29 is 28.6 Å². The van der Waals surface area contributed by atoms with Crippen molar-refractivity contribution in [1.82, 2.24) is 10.6 Å². The largest absolute Gasteiger partial charge is 0.494 e. The van der Waals surface area contributed by atoms with E-state index >= 15 is 0 Å². The maximum atomic E-state index is 12.7. The van der Waals surface area contributed by atoms with E-state index in [1.807, 2.05) is 13.0 Å². The SMILES string of the molecule is CCOC(=O)C1=C(COC(=O)c2ccc(OCC)cc2)NC(=O)NC1c1ccccc1. The third-order valence-corrected chi connectivity index (χ3v) is 4.53. The smallest absolute Gasteiger partial charge is 0.338 e. The van der Waals surface area contributed by atoms with Gasteiger partial charge in [0.25, 0.3) is 0 Å². The van der Waals surface area contributed by atoms with Gasteiger partial charge in [0.15, 0.2) is 0 Å². The second-order valence-corrected chi connectivity index (χ2v) is 6.59. The number of nitrogens with one attached hydrogen (secondary N) is 2. The Bertz CT molecular complexity index is 969. The van der Waals surface area contributed by atoms with E-state index in [-0.39, 0.29) is 24.5 Å². The second-order valence-electron chi connectivity index (χ2n) is 6.59. The average Bonchev–Trinajstić information content (AvgIpc) is 2.78. The summed E-state index contributed by atoms with van der Waals surface area (Å²) in [6, 6.07) is 14.3. The topological polar surface area (TPSA) is 103 Å². The highest BCUT2D eigenvalue weighted by molar-refractivity contribution is 5.95. The molecule has 162 valence electrons. The number of carbonyl (C=O) groups is 3. The van der Waals surface area contributed by atoms with Gasteiger partial charge in [-0.1, -0.05) is 30.3 Å². The van der Waals surface area contributed by atoms with Crippen LogP contribution in [0.1, 0.15) is 35.8 Å². The van der Waals surface area contributed by atoms with E-state index in [0.717, 1.165) is 0 Å². The van der Waals surface area contributed by atoms with E-state index < -0.39 is 24.0 Å². The summed E-state index contributed by atoms with van der Waals surface area (Å²) in [5, 5.41) is 5.30. The number of rotatable bonds is 8. The average molecular weight is 424 g/mol. The van der Waals surface area contributed by atoms with Crippen LogP contribution in [0, 0.1) is 0 Å². The number of esters is 2. The van der Waals surface area contributed by atoms with E-state index in [0.29, 0.717) is 23.5 Å². The predicted octanol–water partition coefficient (Wildman–Crippen LogP) is 3.11. The van der Waals surface area contributed by atoms with Crippen molar-refractivity contribution in [3.63, 3.8) is 0 Å². The molecule has 0 fully saturated rings. The molecular weight excluding hydrogens is 400 g/mol. The van der Waals surface area contributed by atoms with Crippen molar-refractivity contribution >= 4 is 18.0 Å². The van der Waals surface area contributed by atoms with Gasteiger partial charge in [-0.3, -0.25) is 0 Å². The van der Waals surface area contributed by atoms with Gasteiger partial charge in [0.1, 0.15) is 12.4 Å². The molecule has 1 unspecified atom stereocenters. The summed E-state index contributed by atoms with van der Waals surface area (Å²) in [5.74, 6) is -0.554.